The number of ether oxygens (including phenoxy) is 2. The van der Waals surface area contributed by atoms with Crippen molar-refractivity contribution in [2.45, 2.75) is 76.4 Å². The van der Waals surface area contributed by atoms with Gasteiger partial charge in [0.1, 0.15) is 17.7 Å². The fourth-order valence-electron chi connectivity index (χ4n) is 2.60. The summed E-state index contributed by atoms with van der Waals surface area (Å²) < 4.78 is 10.2. The third-order valence-electron chi connectivity index (χ3n) is 3.99. The van der Waals surface area contributed by atoms with Crippen molar-refractivity contribution in [3.63, 3.8) is 0 Å². The fraction of sp³-hybridized carbons (Fsp3) is 0.824. The average molecular weight is 328 g/mol. The summed E-state index contributed by atoms with van der Waals surface area (Å²) in [5.74, 6) is -0.0195. The molecule has 1 fully saturated rings. The maximum Gasteiger partial charge on any atom is 0.306 e. The second-order valence-electron chi connectivity index (χ2n) is 6.12. The highest BCUT2D eigenvalue weighted by molar-refractivity contribution is 5.79. The summed E-state index contributed by atoms with van der Waals surface area (Å²) >= 11 is 0. The van der Waals surface area contributed by atoms with Crippen molar-refractivity contribution in [2.24, 2.45) is 0 Å². The van der Waals surface area contributed by atoms with E-state index in [2.05, 4.69) is 0 Å². The van der Waals surface area contributed by atoms with Crippen molar-refractivity contribution in [3.8, 4) is 0 Å². The molecule has 0 radical (unpaired) electrons. The molecule has 6 nitrogen and oxygen atoms in total. The quantitative estimate of drug-likeness (QED) is 0.685. The van der Waals surface area contributed by atoms with Gasteiger partial charge in [0.05, 0.1) is 12.7 Å². The number of methoxy groups -OCH3 is 1. The number of cyclic esters (lactones) is 1. The third-order valence-corrected chi connectivity index (χ3v) is 3.99. The standard InChI is InChI=1S/C17H28O6/c1-22-12-15(20)7-6-14(19)9-11-16-10-8-13(18)4-2-3-5-17(21)23-16/h15-16,20H,2-12H2,1H3. The Morgan fingerprint density at radius 3 is 2.74 bits per heavy atom. The minimum absolute atomic E-state index is 0.0274. The van der Waals surface area contributed by atoms with Crippen LogP contribution in [0.3, 0.4) is 0 Å². The Balaban J connectivity index is 2.34. The Morgan fingerprint density at radius 2 is 2.00 bits per heavy atom. The summed E-state index contributed by atoms with van der Waals surface area (Å²) in [5.41, 5.74) is 0. The highest BCUT2D eigenvalue weighted by Crippen LogP contribution is 2.17. The Hall–Kier alpha value is -1.27. The highest BCUT2D eigenvalue weighted by Gasteiger charge is 2.19. The number of hydrogen-bond acceptors (Lipinski definition) is 6. The van der Waals surface area contributed by atoms with Gasteiger partial charge < -0.3 is 14.6 Å². The van der Waals surface area contributed by atoms with Crippen molar-refractivity contribution < 1.29 is 29.0 Å². The van der Waals surface area contributed by atoms with Crippen LogP contribution in [0, 0.1) is 0 Å². The van der Waals surface area contributed by atoms with Gasteiger partial charge in [-0.05, 0) is 32.1 Å². The molecule has 0 aromatic carbocycles. The predicted molar refractivity (Wildman–Crippen MR) is 83.9 cm³/mol. The number of carbonyl (C=O) groups is 3. The SMILES string of the molecule is COCC(O)CCC(=O)CCC1CCC(=O)CCCCC(=O)O1. The zero-order valence-electron chi connectivity index (χ0n) is 13.9. The molecule has 0 spiro atoms. The molecule has 1 N–H and O–H groups in total. The average Bonchev–Trinajstić information content (AvgIpc) is 2.52. The topological polar surface area (TPSA) is 89.9 Å². The van der Waals surface area contributed by atoms with E-state index in [1.165, 1.54) is 7.11 Å². The number of hydrogen-bond donors (Lipinski definition) is 1. The van der Waals surface area contributed by atoms with E-state index in [1.54, 1.807) is 0 Å². The van der Waals surface area contributed by atoms with Crippen LogP contribution in [0.5, 0.6) is 0 Å². The normalized spacial score (nSPS) is 21.6. The van der Waals surface area contributed by atoms with Crippen LogP contribution in [-0.4, -0.2) is 48.6 Å². The van der Waals surface area contributed by atoms with Crippen molar-refractivity contribution in [3.05, 3.63) is 0 Å². The van der Waals surface area contributed by atoms with Gasteiger partial charge in [-0.2, -0.15) is 0 Å². The summed E-state index contributed by atoms with van der Waals surface area (Å²) in [7, 11) is 1.50. The maximum absolute atomic E-state index is 11.9. The minimum atomic E-state index is -0.631. The lowest BCUT2D eigenvalue weighted by atomic mass is 9.99. The summed E-state index contributed by atoms with van der Waals surface area (Å²) in [6.07, 6.45) is 3.56. The van der Waals surface area contributed by atoms with Crippen molar-refractivity contribution in [2.75, 3.05) is 13.7 Å². The third kappa shape index (κ3) is 9.46. The van der Waals surface area contributed by atoms with Gasteiger partial charge in [0.15, 0.2) is 0 Å². The first-order valence-corrected chi connectivity index (χ1v) is 8.41. The van der Waals surface area contributed by atoms with Crippen LogP contribution in [0.15, 0.2) is 0 Å². The van der Waals surface area contributed by atoms with E-state index in [9.17, 15) is 19.5 Å². The molecule has 6 heteroatoms. The number of ketones is 2. The Kier molecular flexibility index (Phi) is 9.71. The molecule has 132 valence electrons. The van der Waals surface area contributed by atoms with Crippen LogP contribution in [0.1, 0.15) is 64.2 Å². The van der Waals surface area contributed by atoms with Crippen molar-refractivity contribution >= 4 is 17.5 Å². The lowest BCUT2D eigenvalue weighted by Crippen LogP contribution is -2.22. The molecule has 23 heavy (non-hydrogen) atoms. The molecule has 1 aliphatic heterocycles. The zero-order chi connectivity index (χ0) is 17.1. The van der Waals surface area contributed by atoms with Gasteiger partial charge in [-0.15, -0.1) is 0 Å². The van der Waals surface area contributed by atoms with Gasteiger partial charge in [0, 0.05) is 39.2 Å². The van der Waals surface area contributed by atoms with Crippen LogP contribution >= 0.6 is 0 Å². The first-order valence-electron chi connectivity index (χ1n) is 8.41. The molecule has 0 saturated carbocycles. The number of esters is 1. The number of Topliss-reactive ketones (excluding diaryl/α,β-unsaturated/α-hetero) is 2. The molecule has 1 saturated heterocycles. The van der Waals surface area contributed by atoms with E-state index >= 15 is 0 Å². The van der Waals surface area contributed by atoms with Crippen molar-refractivity contribution in [1.29, 1.82) is 0 Å². The van der Waals surface area contributed by atoms with Gasteiger partial charge in [0.2, 0.25) is 0 Å². The second kappa shape index (κ2) is 11.3. The summed E-state index contributed by atoms with van der Waals surface area (Å²) in [5, 5.41) is 9.52. The van der Waals surface area contributed by atoms with E-state index in [0.717, 1.165) is 6.42 Å². The lowest BCUT2D eigenvalue weighted by Gasteiger charge is -2.19. The molecule has 2 unspecified atom stereocenters. The van der Waals surface area contributed by atoms with Crippen LogP contribution in [0.25, 0.3) is 0 Å². The molecule has 0 aromatic rings. The molecule has 1 rings (SSSR count). The molecule has 0 aromatic heterocycles. The van der Waals surface area contributed by atoms with Crippen LogP contribution < -0.4 is 0 Å². The first-order chi connectivity index (χ1) is 11.0. The summed E-state index contributed by atoms with van der Waals surface area (Å²) in [6.45, 7) is 0.218. The van der Waals surface area contributed by atoms with Gasteiger partial charge in [-0.1, -0.05) is 0 Å². The summed E-state index contributed by atoms with van der Waals surface area (Å²) in [6, 6.07) is 0. The number of carbonyl (C=O) groups excluding carboxylic acids is 3. The fourth-order valence-corrected chi connectivity index (χ4v) is 2.60. The molecule has 0 aliphatic carbocycles. The molecular formula is C17H28O6. The van der Waals surface area contributed by atoms with E-state index in [1.807, 2.05) is 0 Å². The van der Waals surface area contributed by atoms with Gasteiger partial charge in [-0.25, -0.2) is 0 Å². The van der Waals surface area contributed by atoms with E-state index in [4.69, 9.17) is 9.47 Å². The van der Waals surface area contributed by atoms with E-state index in [-0.39, 0.29) is 36.7 Å². The first kappa shape index (κ1) is 19.8. The monoisotopic (exact) mass is 328 g/mol. The molecule has 0 bridgehead atoms. The van der Waals surface area contributed by atoms with E-state index in [0.29, 0.717) is 51.4 Å². The lowest BCUT2D eigenvalue weighted by molar-refractivity contribution is -0.151. The second-order valence-corrected chi connectivity index (χ2v) is 6.12. The Morgan fingerprint density at radius 1 is 1.26 bits per heavy atom. The minimum Gasteiger partial charge on any atom is -0.462 e. The number of rotatable bonds is 8. The number of aliphatic hydroxyl groups excluding tert-OH is 1. The predicted octanol–water partition coefficient (Wildman–Crippen LogP) is 1.96. The largest absolute Gasteiger partial charge is 0.462 e. The molecule has 0 amide bonds. The molecule has 2 atom stereocenters. The number of aliphatic hydroxyl groups is 1. The van der Waals surface area contributed by atoms with Crippen LogP contribution in [-0.2, 0) is 23.9 Å². The van der Waals surface area contributed by atoms with Gasteiger partial charge in [0.25, 0.3) is 0 Å². The Labute approximate surface area is 137 Å². The van der Waals surface area contributed by atoms with Crippen molar-refractivity contribution in [1.82, 2.24) is 0 Å². The molecule has 1 heterocycles. The highest BCUT2D eigenvalue weighted by atomic mass is 16.5. The molecule has 1 aliphatic rings. The Bertz CT molecular complexity index is 393. The maximum atomic E-state index is 11.9. The van der Waals surface area contributed by atoms with Gasteiger partial charge >= 0.3 is 5.97 Å². The van der Waals surface area contributed by atoms with Crippen LogP contribution in [0.4, 0.5) is 0 Å². The molecular weight excluding hydrogens is 300 g/mol. The van der Waals surface area contributed by atoms with Gasteiger partial charge in [-0.3, -0.25) is 14.4 Å². The zero-order valence-corrected chi connectivity index (χ0v) is 13.9. The van der Waals surface area contributed by atoms with E-state index < -0.39 is 6.10 Å². The van der Waals surface area contributed by atoms with Crippen LogP contribution in [0.2, 0.25) is 0 Å². The summed E-state index contributed by atoms with van der Waals surface area (Å²) in [4.78, 5) is 35.2. The smallest absolute Gasteiger partial charge is 0.306 e.